The van der Waals surface area contributed by atoms with Crippen LogP contribution in [-0.2, 0) is 28.9 Å². The number of carbonyl (C=O) groups is 2. The molecule has 5 N–H and O–H groups in total. The van der Waals surface area contributed by atoms with E-state index in [0.717, 1.165) is 37.3 Å². The van der Waals surface area contributed by atoms with Gasteiger partial charge in [0.2, 0.25) is 10.0 Å². The summed E-state index contributed by atoms with van der Waals surface area (Å²) in [6.07, 6.45) is 3.26. The Morgan fingerprint density at radius 3 is 1.53 bits per heavy atom. The van der Waals surface area contributed by atoms with Crippen LogP contribution in [0, 0.1) is 0 Å². The Balaban J connectivity index is 0.000000199. The van der Waals surface area contributed by atoms with E-state index in [1.54, 1.807) is 73.1 Å². The normalized spacial score (nSPS) is 13.1. The first kappa shape index (κ1) is 43.6. The molecule has 1 aliphatic heterocycles. The number of piperazine rings is 1. The van der Waals surface area contributed by atoms with E-state index in [2.05, 4.69) is 76.9 Å². The van der Waals surface area contributed by atoms with Crippen molar-refractivity contribution in [1.29, 1.82) is 0 Å². The molecule has 1 fully saturated rings. The summed E-state index contributed by atoms with van der Waals surface area (Å²) in [5.41, 5.74) is 6.79. The molecule has 59 heavy (non-hydrogen) atoms. The van der Waals surface area contributed by atoms with E-state index in [9.17, 15) is 18.0 Å². The smallest absolute Gasteiger partial charge is 0.272 e. The van der Waals surface area contributed by atoms with E-state index >= 15 is 0 Å². The fourth-order valence-electron chi connectivity index (χ4n) is 6.22. The second kappa shape index (κ2) is 19.9. The zero-order chi connectivity index (χ0) is 42.1. The number of H-pyrrole nitrogens is 2. The second-order valence-corrected chi connectivity index (χ2v) is 17.3. The molecule has 0 bridgehead atoms. The van der Waals surface area contributed by atoms with Crippen LogP contribution in [0.15, 0.2) is 97.3 Å². The fourth-order valence-corrected chi connectivity index (χ4v) is 8.02. The molecule has 308 valence electrons. The van der Waals surface area contributed by atoms with Gasteiger partial charge in [-0.15, -0.1) is 0 Å². The highest BCUT2D eigenvalue weighted by Crippen LogP contribution is 2.33. The fraction of sp³-hybridized carbons (Fsp3) is 0.220. The van der Waals surface area contributed by atoms with Crippen molar-refractivity contribution in [2.75, 3.05) is 45.2 Å². The zero-order valence-corrected chi connectivity index (χ0v) is 35.9. The van der Waals surface area contributed by atoms with Crippen LogP contribution < -0.4 is 20.3 Å². The largest absolute Gasteiger partial charge is 0.369 e. The van der Waals surface area contributed by atoms with Crippen molar-refractivity contribution in [3.8, 4) is 22.3 Å². The Bertz CT molecular complexity index is 2500. The van der Waals surface area contributed by atoms with Crippen LogP contribution in [0.3, 0.4) is 0 Å². The molecule has 4 aromatic carbocycles. The van der Waals surface area contributed by atoms with Gasteiger partial charge in [0.25, 0.3) is 11.8 Å². The molecule has 1 aliphatic rings. The van der Waals surface area contributed by atoms with E-state index in [1.807, 2.05) is 0 Å². The Kier molecular flexibility index (Phi) is 14.7. The zero-order valence-electron chi connectivity index (χ0n) is 32.0. The summed E-state index contributed by atoms with van der Waals surface area (Å²) in [6.45, 7) is 4.88. The highest BCUT2D eigenvalue weighted by molar-refractivity contribution is 7.88. The van der Waals surface area contributed by atoms with Crippen molar-refractivity contribution in [2.45, 2.75) is 18.8 Å². The lowest BCUT2D eigenvalue weighted by molar-refractivity contribution is 0.0938. The average Bonchev–Trinajstić information content (AvgIpc) is 3.92. The van der Waals surface area contributed by atoms with Gasteiger partial charge in [-0.25, -0.2) is 13.1 Å². The molecule has 0 unspecified atom stereocenters. The number of nitrogens with zero attached hydrogens (tertiary/aromatic N) is 4. The molecule has 3 heterocycles. The van der Waals surface area contributed by atoms with Gasteiger partial charge in [-0.2, -0.15) is 10.2 Å². The third kappa shape index (κ3) is 11.6. The summed E-state index contributed by atoms with van der Waals surface area (Å²) in [7, 11) is 0.194. The molecule has 0 saturated carbocycles. The van der Waals surface area contributed by atoms with E-state index < -0.39 is 10.0 Å². The molecular weight excluding hydrogens is 856 g/mol. The summed E-state index contributed by atoms with van der Waals surface area (Å²) in [6, 6.07) is 25.5. The number of carbonyl (C=O) groups excluding carboxylic acids is 2. The number of amides is 2. The Labute approximate surface area is 362 Å². The molecule has 0 atom stereocenters. The maximum Gasteiger partial charge on any atom is 0.272 e. The van der Waals surface area contributed by atoms with Crippen LogP contribution in [0.2, 0.25) is 20.1 Å². The first-order valence-corrected chi connectivity index (χ1v) is 21.5. The predicted molar refractivity (Wildman–Crippen MR) is 235 cm³/mol. The molecule has 0 spiro atoms. The third-order valence-corrected chi connectivity index (χ3v) is 12.0. The topological polar surface area (TPSA) is 168 Å². The molecule has 6 aromatic rings. The first-order chi connectivity index (χ1) is 28.3. The lowest BCUT2D eigenvalue weighted by Gasteiger charge is -2.34. The van der Waals surface area contributed by atoms with Crippen molar-refractivity contribution < 1.29 is 18.0 Å². The van der Waals surface area contributed by atoms with Gasteiger partial charge in [0.15, 0.2) is 11.4 Å². The summed E-state index contributed by atoms with van der Waals surface area (Å²) >= 11 is 24.4. The average molecular weight is 898 g/mol. The summed E-state index contributed by atoms with van der Waals surface area (Å²) < 4.78 is 25.5. The number of halogens is 4. The highest BCUT2D eigenvalue weighted by atomic mass is 35.5. The molecule has 0 radical (unpaired) electrons. The first-order valence-electron chi connectivity index (χ1n) is 18.4. The number of hydrogen-bond acceptors (Lipinski definition) is 8. The van der Waals surface area contributed by atoms with E-state index in [4.69, 9.17) is 46.4 Å². The minimum atomic E-state index is -3.33. The predicted octanol–water partition coefficient (Wildman–Crippen LogP) is 7.43. The Morgan fingerprint density at radius 2 is 1.08 bits per heavy atom. The monoisotopic (exact) mass is 895 g/mol. The SMILES string of the molecule is CN1CCN(c2ccc(CNC(=O)c3n[nH]cc3-c3ccc(Cl)cc3Cl)cc2)CC1.CNS(=O)(=O)Cc1ccc(CNC(=O)c2n[nH]cc2-c2ccc(Cl)cc2Cl)cc1. The number of sulfonamides is 1. The van der Waals surface area contributed by atoms with Crippen LogP contribution in [0.1, 0.15) is 37.7 Å². The summed E-state index contributed by atoms with van der Waals surface area (Å²) in [5, 5.41) is 21.2. The van der Waals surface area contributed by atoms with Crippen LogP contribution in [0.5, 0.6) is 0 Å². The van der Waals surface area contributed by atoms with Crippen molar-refractivity contribution >= 4 is 73.9 Å². The minimum Gasteiger partial charge on any atom is -0.369 e. The van der Waals surface area contributed by atoms with Gasteiger partial charge in [0.05, 0.1) is 15.8 Å². The number of anilines is 1. The van der Waals surface area contributed by atoms with Crippen molar-refractivity contribution in [3.05, 3.63) is 145 Å². The molecule has 7 rings (SSSR count). The number of hydrogen-bond donors (Lipinski definition) is 5. The van der Waals surface area contributed by atoms with Crippen LogP contribution >= 0.6 is 46.4 Å². The van der Waals surface area contributed by atoms with Crippen molar-refractivity contribution in [3.63, 3.8) is 0 Å². The molecule has 0 aliphatic carbocycles. The number of aromatic nitrogens is 4. The summed E-state index contributed by atoms with van der Waals surface area (Å²) in [4.78, 5) is 30.0. The lowest BCUT2D eigenvalue weighted by atomic mass is 10.1. The van der Waals surface area contributed by atoms with Crippen LogP contribution in [-0.4, -0.2) is 85.8 Å². The molecular formula is C41H41Cl4N9O4S. The van der Waals surface area contributed by atoms with E-state index in [0.29, 0.717) is 60.1 Å². The highest BCUT2D eigenvalue weighted by Gasteiger charge is 2.20. The van der Waals surface area contributed by atoms with Gasteiger partial charge < -0.3 is 20.4 Å². The molecule has 1 saturated heterocycles. The van der Waals surface area contributed by atoms with Crippen LogP contribution in [0.25, 0.3) is 22.3 Å². The summed E-state index contributed by atoms with van der Waals surface area (Å²) in [5.74, 6) is -0.733. The van der Waals surface area contributed by atoms with Gasteiger partial charge in [0.1, 0.15) is 0 Å². The maximum absolute atomic E-state index is 12.7. The second-order valence-electron chi connectivity index (χ2n) is 13.6. The number of benzene rings is 4. The third-order valence-electron chi connectivity index (χ3n) is 9.56. The van der Waals surface area contributed by atoms with Gasteiger partial charge >= 0.3 is 0 Å². The maximum atomic E-state index is 12.7. The number of likely N-dealkylation sites (N-methyl/N-ethyl adjacent to an activating group) is 1. The van der Waals surface area contributed by atoms with Gasteiger partial charge in [-0.05, 0) is 67.2 Å². The number of aromatic amines is 2. The molecule has 2 amide bonds. The lowest BCUT2D eigenvalue weighted by Crippen LogP contribution is -2.44. The number of rotatable bonds is 12. The minimum absolute atomic E-state index is 0.103. The molecule has 2 aromatic heterocycles. The van der Waals surface area contributed by atoms with Gasteiger partial charge in [-0.1, -0.05) is 94.9 Å². The van der Waals surface area contributed by atoms with Crippen molar-refractivity contribution in [1.82, 2.24) is 40.7 Å². The standard InChI is InChI=1S/C22H23Cl2N5O.C19H18Cl2N4O3S/c1-28-8-10-29(11-9-28)17-5-2-15(3-6-17)13-25-22(30)21-19(14-26-27-21)18-7-4-16(23)12-20(18)24;1-22-29(27,28)11-13-4-2-12(3-5-13)9-23-19(26)18-16(10-24-25-18)15-7-6-14(20)8-17(15)21/h2-7,12,14H,8-11,13H2,1H3,(H,25,30)(H,26,27);2-8,10,22H,9,11H2,1H3,(H,23,26)(H,24,25). The quantitative estimate of drug-likeness (QED) is 0.0846. The van der Waals surface area contributed by atoms with Gasteiger partial charge in [-0.3, -0.25) is 19.8 Å². The van der Waals surface area contributed by atoms with E-state index in [-0.39, 0.29) is 29.8 Å². The number of nitrogens with one attached hydrogen (secondary N) is 5. The van der Waals surface area contributed by atoms with E-state index in [1.165, 1.54) is 12.7 Å². The Hall–Kier alpha value is -4.93. The molecule has 18 heteroatoms. The molecule has 13 nitrogen and oxygen atoms in total. The van der Waals surface area contributed by atoms with Crippen LogP contribution in [0.4, 0.5) is 5.69 Å². The van der Waals surface area contributed by atoms with Crippen molar-refractivity contribution in [2.24, 2.45) is 0 Å². The van der Waals surface area contributed by atoms with Gasteiger partial charge in [0, 0.05) is 89.6 Å². The Morgan fingerprint density at radius 1 is 0.644 bits per heavy atom.